The Balaban J connectivity index is 1.57. The molecule has 5 rings (SSSR count). The topological polar surface area (TPSA) is 71.6 Å². The van der Waals surface area contributed by atoms with Crippen LogP contribution in [0, 0.1) is 5.82 Å². The molecule has 0 fully saturated rings. The lowest BCUT2D eigenvalue weighted by Crippen LogP contribution is -2.28. The number of esters is 1. The number of hydrogen-bond acceptors (Lipinski definition) is 4. The van der Waals surface area contributed by atoms with Crippen molar-refractivity contribution in [1.82, 2.24) is 9.88 Å². The van der Waals surface area contributed by atoms with E-state index in [1.54, 1.807) is 14.0 Å². The fourth-order valence-electron chi connectivity index (χ4n) is 4.53. The van der Waals surface area contributed by atoms with E-state index in [9.17, 15) is 14.0 Å². The van der Waals surface area contributed by atoms with Crippen LogP contribution in [0.5, 0.6) is 5.75 Å². The summed E-state index contributed by atoms with van der Waals surface area (Å²) < 4.78 is 24.0. The molecule has 7 heteroatoms. The molecule has 2 heterocycles. The molecule has 1 aromatic heterocycles. The molecule has 1 aliphatic heterocycles. The lowest BCUT2D eigenvalue weighted by atomic mass is 10.0. The molecule has 3 aromatic carbocycles. The van der Waals surface area contributed by atoms with Crippen LogP contribution >= 0.6 is 0 Å². The minimum absolute atomic E-state index is 0.206. The number of methoxy groups -OCH3 is 1. The van der Waals surface area contributed by atoms with Crippen LogP contribution in [0.25, 0.3) is 27.6 Å². The zero-order chi connectivity index (χ0) is 25.2. The maximum absolute atomic E-state index is 13.4. The molecular weight excluding hydrogens is 459 g/mol. The van der Waals surface area contributed by atoms with Crippen LogP contribution < -0.4 is 4.74 Å². The number of carbonyl (C=O) groups excluding carboxylic acids is 2. The third kappa shape index (κ3) is 4.35. The molecule has 0 saturated carbocycles. The van der Waals surface area contributed by atoms with Gasteiger partial charge in [-0.3, -0.25) is 4.79 Å². The van der Waals surface area contributed by atoms with Crippen molar-refractivity contribution in [3.63, 3.8) is 0 Å². The maximum Gasteiger partial charge on any atom is 0.341 e. The summed E-state index contributed by atoms with van der Waals surface area (Å²) in [6.45, 7) is 2.30. The van der Waals surface area contributed by atoms with Gasteiger partial charge in [-0.05, 0) is 72.5 Å². The quantitative estimate of drug-likeness (QED) is 0.375. The molecule has 0 saturated heterocycles. The van der Waals surface area contributed by atoms with E-state index >= 15 is 0 Å². The van der Waals surface area contributed by atoms with Crippen molar-refractivity contribution in [3.8, 4) is 16.9 Å². The summed E-state index contributed by atoms with van der Waals surface area (Å²) in [6, 6.07) is 19.3. The summed E-state index contributed by atoms with van der Waals surface area (Å²) in [6.07, 6.45) is 2.06. The predicted molar refractivity (Wildman–Crippen MR) is 136 cm³/mol. The van der Waals surface area contributed by atoms with Gasteiger partial charge in [0, 0.05) is 29.2 Å². The Hall–Kier alpha value is -4.39. The van der Waals surface area contributed by atoms with Crippen LogP contribution in [0.1, 0.15) is 28.5 Å². The average Bonchev–Trinajstić information content (AvgIpc) is 3.15. The SMILES string of the molecule is CCOC(=O)C1=CN(C(=O)c2ccc(F)cc2)CCc2c1[nH]c1cc(-c3cccc(OC)c3)ccc21. The van der Waals surface area contributed by atoms with Crippen molar-refractivity contribution in [2.24, 2.45) is 0 Å². The van der Waals surface area contributed by atoms with Gasteiger partial charge in [0.05, 0.1) is 25.0 Å². The van der Waals surface area contributed by atoms with Gasteiger partial charge in [-0.2, -0.15) is 0 Å². The first-order valence-corrected chi connectivity index (χ1v) is 11.7. The number of H-pyrrole nitrogens is 1. The van der Waals surface area contributed by atoms with Crippen molar-refractivity contribution in [3.05, 3.63) is 95.6 Å². The van der Waals surface area contributed by atoms with Gasteiger partial charge in [0.2, 0.25) is 0 Å². The standard InChI is InChI=1S/C29H25FN2O4/c1-3-36-29(34)25-17-32(28(33)18-7-10-21(30)11-8-18)14-13-24-23-12-9-20(16-26(23)31-27(24)25)19-5-4-6-22(15-19)35-2/h4-12,15-17,31H,3,13-14H2,1-2H3. The summed E-state index contributed by atoms with van der Waals surface area (Å²) in [4.78, 5) is 31.0. The summed E-state index contributed by atoms with van der Waals surface area (Å²) >= 11 is 0. The zero-order valence-corrected chi connectivity index (χ0v) is 20.0. The molecule has 1 aliphatic rings. The van der Waals surface area contributed by atoms with Crippen molar-refractivity contribution in [2.75, 3.05) is 20.3 Å². The predicted octanol–water partition coefficient (Wildman–Crippen LogP) is 5.59. The lowest BCUT2D eigenvalue weighted by molar-refractivity contribution is -0.136. The minimum Gasteiger partial charge on any atom is -0.497 e. The number of halogens is 1. The van der Waals surface area contributed by atoms with E-state index in [4.69, 9.17) is 9.47 Å². The number of rotatable bonds is 5. The Morgan fingerprint density at radius 1 is 1.03 bits per heavy atom. The van der Waals surface area contributed by atoms with E-state index in [1.807, 2.05) is 42.5 Å². The number of benzene rings is 3. The highest BCUT2D eigenvalue weighted by atomic mass is 19.1. The minimum atomic E-state index is -0.517. The van der Waals surface area contributed by atoms with Crippen molar-refractivity contribution in [1.29, 1.82) is 0 Å². The first kappa shape index (κ1) is 23.4. The monoisotopic (exact) mass is 484 g/mol. The third-order valence-electron chi connectivity index (χ3n) is 6.31. The molecule has 1 amide bonds. The van der Waals surface area contributed by atoms with E-state index in [0.717, 1.165) is 33.3 Å². The first-order chi connectivity index (χ1) is 17.5. The van der Waals surface area contributed by atoms with Gasteiger partial charge < -0.3 is 19.4 Å². The van der Waals surface area contributed by atoms with E-state index in [0.29, 0.717) is 24.2 Å². The summed E-state index contributed by atoms with van der Waals surface area (Å²) in [7, 11) is 1.64. The van der Waals surface area contributed by atoms with E-state index in [-0.39, 0.29) is 18.1 Å². The van der Waals surface area contributed by atoms with E-state index in [2.05, 4.69) is 4.98 Å². The lowest BCUT2D eigenvalue weighted by Gasteiger charge is -2.18. The average molecular weight is 485 g/mol. The molecule has 36 heavy (non-hydrogen) atoms. The maximum atomic E-state index is 13.4. The normalized spacial score (nSPS) is 13.1. The molecule has 182 valence electrons. The Kier molecular flexibility index (Phi) is 6.29. The highest BCUT2D eigenvalue weighted by Gasteiger charge is 2.28. The smallest absolute Gasteiger partial charge is 0.341 e. The van der Waals surface area contributed by atoms with E-state index in [1.165, 1.54) is 35.4 Å². The fourth-order valence-corrected chi connectivity index (χ4v) is 4.53. The molecule has 0 bridgehead atoms. The van der Waals surface area contributed by atoms with Crippen LogP contribution in [0.3, 0.4) is 0 Å². The first-order valence-electron chi connectivity index (χ1n) is 11.7. The third-order valence-corrected chi connectivity index (χ3v) is 6.31. The Morgan fingerprint density at radius 3 is 2.56 bits per heavy atom. The summed E-state index contributed by atoms with van der Waals surface area (Å²) in [5.74, 6) is -0.475. The van der Waals surface area contributed by atoms with Crippen LogP contribution in [-0.4, -0.2) is 42.0 Å². The Labute approximate surface area is 208 Å². The number of aromatic amines is 1. The van der Waals surface area contributed by atoms with Gasteiger partial charge in [0.15, 0.2) is 0 Å². The van der Waals surface area contributed by atoms with Gasteiger partial charge in [0.25, 0.3) is 5.91 Å². The van der Waals surface area contributed by atoms with Gasteiger partial charge in [-0.25, -0.2) is 9.18 Å². The van der Waals surface area contributed by atoms with Crippen LogP contribution in [0.2, 0.25) is 0 Å². The molecular formula is C29H25FN2O4. The molecule has 0 unspecified atom stereocenters. The second-order valence-electron chi connectivity index (χ2n) is 8.49. The molecule has 0 aliphatic carbocycles. The number of nitrogens with one attached hydrogen (secondary N) is 1. The molecule has 0 radical (unpaired) electrons. The number of carbonyl (C=O) groups is 2. The Morgan fingerprint density at radius 2 is 1.81 bits per heavy atom. The zero-order valence-electron chi connectivity index (χ0n) is 20.0. The van der Waals surface area contributed by atoms with Gasteiger partial charge in [-0.1, -0.05) is 24.3 Å². The summed E-state index contributed by atoms with van der Waals surface area (Å²) in [5.41, 5.74) is 5.10. The molecule has 0 atom stereocenters. The number of amides is 1. The fraction of sp³-hybridized carbons (Fsp3) is 0.172. The second-order valence-corrected chi connectivity index (χ2v) is 8.49. The molecule has 0 spiro atoms. The van der Waals surface area contributed by atoms with Gasteiger partial charge in [-0.15, -0.1) is 0 Å². The molecule has 4 aromatic rings. The highest BCUT2D eigenvalue weighted by molar-refractivity contribution is 6.18. The number of ether oxygens (including phenoxy) is 2. The summed E-state index contributed by atoms with van der Waals surface area (Å²) in [5, 5.41) is 0.975. The van der Waals surface area contributed by atoms with Gasteiger partial charge >= 0.3 is 5.97 Å². The van der Waals surface area contributed by atoms with Crippen LogP contribution in [0.15, 0.2) is 72.9 Å². The Bertz CT molecular complexity index is 1490. The van der Waals surface area contributed by atoms with Crippen molar-refractivity contribution in [2.45, 2.75) is 13.3 Å². The van der Waals surface area contributed by atoms with Crippen molar-refractivity contribution >= 4 is 28.4 Å². The molecule has 6 nitrogen and oxygen atoms in total. The second kappa shape index (κ2) is 9.70. The number of nitrogens with zero attached hydrogens (tertiary/aromatic N) is 1. The number of fused-ring (bicyclic) bond motifs is 3. The van der Waals surface area contributed by atoms with Crippen LogP contribution in [-0.2, 0) is 16.0 Å². The van der Waals surface area contributed by atoms with E-state index < -0.39 is 11.8 Å². The van der Waals surface area contributed by atoms with Gasteiger partial charge in [0.1, 0.15) is 11.6 Å². The molecule has 1 N–H and O–H groups in total. The number of aromatic nitrogens is 1. The van der Waals surface area contributed by atoms with Crippen LogP contribution in [0.4, 0.5) is 4.39 Å². The largest absolute Gasteiger partial charge is 0.497 e. The highest BCUT2D eigenvalue weighted by Crippen LogP contribution is 2.34. The number of hydrogen-bond donors (Lipinski definition) is 1. The van der Waals surface area contributed by atoms with Crippen molar-refractivity contribution < 1.29 is 23.5 Å².